The van der Waals surface area contributed by atoms with Gasteiger partial charge in [-0.25, -0.2) is 0 Å². The van der Waals surface area contributed by atoms with Gasteiger partial charge in [0.05, 0.1) is 10.5 Å². The molecule has 0 aliphatic carbocycles. The lowest BCUT2D eigenvalue weighted by Crippen LogP contribution is -2.33. The standard InChI is InChI=1S/C21H20N2O2S2/c1-13(2)27-19-18(17-8-5-11-26-17)20(24)23(21(19)25)10-9-14-12-22-16-7-4-3-6-15(14)16/h3-8,11-13,22H,9-10H2,1-2H3. The van der Waals surface area contributed by atoms with Gasteiger partial charge in [0, 0.05) is 33.8 Å². The largest absolute Gasteiger partial charge is 0.361 e. The number of rotatable bonds is 6. The molecule has 3 heterocycles. The number of amides is 2. The summed E-state index contributed by atoms with van der Waals surface area (Å²) in [4.78, 5) is 32.2. The molecule has 0 saturated heterocycles. The summed E-state index contributed by atoms with van der Waals surface area (Å²) >= 11 is 2.98. The number of carbonyl (C=O) groups is 2. The van der Waals surface area contributed by atoms with Gasteiger partial charge in [-0.1, -0.05) is 38.1 Å². The predicted molar refractivity (Wildman–Crippen MR) is 113 cm³/mol. The number of hydrogen-bond donors (Lipinski definition) is 1. The minimum Gasteiger partial charge on any atom is -0.361 e. The van der Waals surface area contributed by atoms with Gasteiger partial charge in [-0.3, -0.25) is 14.5 Å². The predicted octanol–water partition coefficient (Wildman–Crippen LogP) is 4.69. The highest BCUT2D eigenvalue weighted by atomic mass is 32.2. The Labute approximate surface area is 166 Å². The SMILES string of the molecule is CC(C)SC1=C(c2cccs2)C(=O)N(CCc2c[nH]c3ccccc23)C1=O. The fourth-order valence-electron chi connectivity index (χ4n) is 3.31. The van der Waals surface area contributed by atoms with Crippen LogP contribution in [0.15, 0.2) is 52.9 Å². The topological polar surface area (TPSA) is 53.2 Å². The zero-order valence-corrected chi connectivity index (χ0v) is 16.8. The van der Waals surface area contributed by atoms with Crippen molar-refractivity contribution < 1.29 is 9.59 Å². The number of aromatic amines is 1. The molecule has 1 aromatic carbocycles. The van der Waals surface area contributed by atoms with E-state index in [9.17, 15) is 9.59 Å². The lowest BCUT2D eigenvalue weighted by molar-refractivity contribution is -0.136. The maximum absolute atomic E-state index is 13.1. The zero-order valence-electron chi connectivity index (χ0n) is 15.2. The normalized spacial score (nSPS) is 15.0. The molecule has 3 aromatic rings. The first kappa shape index (κ1) is 18.1. The molecule has 1 N–H and O–H groups in total. The summed E-state index contributed by atoms with van der Waals surface area (Å²) in [6.07, 6.45) is 2.60. The second kappa shape index (κ2) is 7.37. The monoisotopic (exact) mass is 396 g/mol. The molecular formula is C21H20N2O2S2. The van der Waals surface area contributed by atoms with Crippen LogP contribution in [-0.4, -0.2) is 33.5 Å². The van der Waals surface area contributed by atoms with Crippen molar-refractivity contribution in [3.8, 4) is 0 Å². The number of benzene rings is 1. The van der Waals surface area contributed by atoms with Gasteiger partial charge in [0.2, 0.25) is 0 Å². The third kappa shape index (κ3) is 3.35. The van der Waals surface area contributed by atoms with Gasteiger partial charge in [0.25, 0.3) is 11.8 Å². The van der Waals surface area contributed by atoms with Crippen molar-refractivity contribution in [3.63, 3.8) is 0 Å². The maximum atomic E-state index is 13.1. The molecule has 0 spiro atoms. The Kier molecular flexibility index (Phi) is 4.93. The highest BCUT2D eigenvalue weighted by Crippen LogP contribution is 2.39. The Morgan fingerprint density at radius 2 is 1.93 bits per heavy atom. The Hall–Kier alpha value is -2.31. The van der Waals surface area contributed by atoms with Crippen molar-refractivity contribution >= 4 is 51.4 Å². The highest BCUT2D eigenvalue weighted by molar-refractivity contribution is 8.04. The summed E-state index contributed by atoms with van der Waals surface area (Å²) in [5.41, 5.74) is 2.75. The van der Waals surface area contributed by atoms with Crippen molar-refractivity contribution in [1.82, 2.24) is 9.88 Å². The number of thiophene rings is 1. The molecule has 0 radical (unpaired) electrons. The fourth-order valence-corrected chi connectivity index (χ4v) is 5.14. The van der Waals surface area contributed by atoms with E-state index in [1.165, 1.54) is 28.0 Å². The quantitative estimate of drug-likeness (QED) is 0.615. The number of imide groups is 1. The van der Waals surface area contributed by atoms with Crippen LogP contribution in [0, 0.1) is 0 Å². The molecule has 4 nitrogen and oxygen atoms in total. The first-order chi connectivity index (χ1) is 13.1. The fraction of sp³-hybridized carbons (Fsp3) is 0.238. The van der Waals surface area contributed by atoms with Gasteiger partial charge in [-0.15, -0.1) is 23.1 Å². The Morgan fingerprint density at radius 1 is 1.11 bits per heavy atom. The highest BCUT2D eigenvalue weighted by Gasteiger charge is 2.39. The molecule has 1 aliphatic rings. The second-order valence-electron chi connectivity index (χ2n) is 6.72. The van der Waals surface area contributed by atoms with Crippen LogP contribution in [0.25, 0.3) is 16.5 Å². The Balaban J connectivity index is 1.59. The van der Waals surface area contributed by atoms with Gasteiger partial charge in [0.15, 0.2) is 0 Å². The maximum Gasteiger partial charge on any atom is 0.268 e. The van der Waals surface area contributed by atoms with Crippen LogP contribution in [-0.2, 0) is 16.0 Å². The van der Waals surface area contributed by atoms with Crippen molar-refractivity contribution in [2.45, 2.75) is 25.5 Å². The van der Waals surface area contributed by atoms with E-state index < -0.39 is 0 Å². The molecule has 1 aliphatic heterocycles. The number of H-pyrrole nitrogens is 1. The lowest BCUT2D eigenvalue weighted by Gasteiger charge is -2.15. The van der Waals surface area contributed by atoms with E-state index in [-0.39, 0.29) is 17.1 Å². The van der Waals surface area contributed by atoms with Gasteiger partial charge in [-0.05, 0) is 29.5 Å². The number of fused-ring (bicyclic) bond motifs is 1. The molecule has 0 fully saturated rings. The molecule has 0 unspecified atom stereocenters. The van der Waals surface area contributed by atoms with Crippen LogP contribution in [0.3, 0.4) is 0 Å². The van der Waals surface area contributed by atoms with E-state index in [0.717, 1.165) is 21.3 Å². The van der Waals surface area contributed by atoms with Gasteiger partial charge in [0.1, 0.15) is 0 Å². The second-order valence-corrected chi connectivity index (χ2v) is 9.25. The summed E-state index contributed by atoms with van der Waals surface area (Å²) in [6.45, 7) is 4.46. The number of hydrogen-bond acceptors (Lipinski definition) is 4. The molecule has 0 saturated carbocycles. The van der Waals surface area contributed by atoms with Gasteiger partial charge >= 0.3 is 0 Å². The van der Waals surface area contributed by atoms with E-state index in [4.69, 9.17) is 0 Å². The van der Waals surface area contributed by atoms with Gasteiger partial charge < -0.3 is 4.98 Å². The smallest absolute Gasteiger partial charge is 0.268 e. The van der Waals surface area contributed by atoms with Crippen LogP contribution >= 0.6 is 23.1 Å². The number of carbonyl (C=O) groups excluding carboxylic acids is 2. The summed E-state index contributed by atoms with van der Waals surface area (Å²) in [6, 6.07) is 11.9. The van der Waals surface area contributed by atoms with Crippen LogP contribution < -0.4 is 0 Å². The van der Waals surface area contributed by atoms with E-state index in [1.807, 2.05) is 55.8 Å². The van der Waals surface area contributed by atoms with Gasteiger partial charge in [-0.2, -0.15) is 0 Å². The number of nitrogens with zero attached hydrogens (tertiary/aromatic N) is 1. The minimum atomic E-state index is -0.176. The molecule has 2 amide bonds. The Bertz CT molecular complexity index is 1030. The number of thioether (sulfide) groups is 1. The molecule has 2 aromatic heterocycles. The summed E-state index contributed by atoms with van der Waals surface area (Å²) < 4.78 is 0. The first-order valence-corrected chi connectivity index (χ1v) is 10.7. The molecular weight excluding hydrogens is 376 g/mol. The van der Waals surface area contributed by atoms with E-state index in [0.29, 0.717) is 23.4 Å². The average molecular weight is 397 g/mol. The Morgan fingerprint density at radius 3 is 2.67 bits per heavy atom. The molecule has 27 heavy (non-hydrogen) atoms. The lowest BCUT2D eigenvalue weighted by atomic mass is 10.1. The van der Waals surface area contributed by atoms with Crippen molar-refractivity contribution in [1.29, 1.82) is 0 Å². The van der Waals surface area contributed by atoms with Crippen LogP contribution in [0.5, 0.6) is 0 Å². The number of para-hydroxylation sites is 1. The van der Waals surface area contributed by atoms with Crippen molar-refractivity contribution in [2.75, 3.05) is 6.54 Å². The van der Waals surface area contributed by atoms with E-state index >= 15 is 0 Å². The summed E-state index contributed by atoms with van der Waals surface area (Å²) in [7, 11) is 0. The summed E-state index contributed by atoms with van der Waals surface area (Å²) in [5, 5.41) is 3.31. The van der Waals surface area contributed by atoms with Crippen molar-refractivity contribution in [3.05, 3.63) is 63.3 Å². The van der Waals surface area contributed by atoms with Crippen LogP contribution in [0.2, 0.25) is 0 Å². The van der Waals surface area contributed by atoms with Crippen LogP contribution in [0.4, 0.5) is 0 Å². The number of nitrogens with one attached hydrogen (secondary N) is 1. The third-order valence-corrected chi connectivity index (χ3v) is 6.50. The number of aromatic nitrogens is 1. The molecule has 138 valence electrons. The molecule has 0 atom stereocenters. The van der Waals surface area contributed by atoms with Crippen molar-refractivity contribution in [2.24, 2.45) is 0 Å². The van der Waals surface area contributed by atoms with E-state index in [1.54, 1.807) is 0 Å². The van der Waals surface area contributed by atoms with E-state index in [2.05, 4.69) is 11.1 Å². The molecule has 4 rings (SSSR count). The summed E-state index contributed by atoms with van der Waals surface area (Å²) in [5.74, 6) is -0.340. The average Bonchev–Trinajstić information content (AvgIpc) is 3.35. The minimum absolute atomic E-state index is 0.165. The molecule has 6 heteroatoms. The first-order valence-electron chi connectivity index (χ1n) is 8.92. The van der Waals surface area contributed by atoms with Crippen LogP contribution in [0.1, 0.15) is 24.3 Å². The third-order valence-electron chi connectivity index (χ3n) is 4.53. The zero-order chi connectivity index (χ0) is 19.0. The molecule has 0 bridgehead atoms.